The van der Waals surface area contributed by atoms with Crippen LogP contribution in [0.5, 0.6) is 0 Å². The molecule has 0 bridgehead atoms. The first-order chi connectivity index (χ1) is 14.8. The van der Waals surface area contributed by atoms with Crippen LogP contribution in [0.3, 0.4) is 0 Å². The number of para-hydroxylation sites is 1. The molecular weight excluding hydrogens is 407 g/mol. The van der Waals surface area contributed by atoms with Crippen LogP contribution in [-0.2, 0) is 6.18 Å². The number of benzene rings is 2. The quantitative estimate of drug-likeness (QED) is 0.463. The maximum absolute atomic E-state index is 12.9. The van der Waals surface area contributed by atoms with E-state index in [9.17, 15) is 18.0 Å². The lowest BCUT2D eigenvalue weighted by Crippen LogP contribution is -2.15. The standard InChI is InChI=1S/C22H16F3N5O/c1-13-17(29-21(31)14-6-5-7-15(10-14)22(23,24)25)11-18-20(27-13)30-19(12-26-18)28-16-8-3-2-4-9-16/h2-12H,1H3,(H,29,31)(H,27,28,30). The van der Waals surface area contributed by atoms with E-state index in [2.05, 4.69) is 25.6 Å². The molecule has 0 saturated heterocycles. The highest BCUT2D eigenvalue weighted by atomic mass is 19.4. The van der Waals surface area contributed by atoms with Gasteiger partial charge in [-0.2, -0.15) is 13.2 Å². The molecule has 31 heavy (non-hydrogen) atoms. The fourth-order valence-corrected chi connectivity index (χ4v) is 2.92. The minimum Gasteiger partial charge on any atom is -0.339 e. The Morgan fingerprint density at radius 2 is 1.74 bits per heavy atom. The summed E-state index contributed by atoms with van der Waals surface area (Å²) in [5.41, 5.74) is 1.45. The van der Waals surface area contributed by atoms with E-state index < -0.39 is 17.6 Å². The molecule has 0 atom stereocenters. The number of carbonyl (C=O) groups is 1. The van der Waals surface area contributed by atoms with Crippen molar-refractivity contribution in [2.45, 2.75) is 13.1 Å². The van der Waals surface area contributed by atoms with Crippen molar-refractivity contribution in [2.75, 3.05) is 10.6 Å². The van der Waals surface area contributed by atoms with Crippen molar-refractivity contribution in [3.05, 3.63) is 83.7 Å². The Kier molecular flexibility index (Phi) is 5.24. The van der Waals surface area contributed by atoms with Gasteiger partial charge in [0, 0.05) is 11.3 Å². The third-order valence-electron chi connectivity index (χ3n) is 4.47. The predicted octanol–water partition coefficient (Wildman–Crippen LogP) is 5.35. The summed E-state index contributed by atoms with van der Waals surface area (Å²) in [6.45, 7) is 1.67. The number of aryl methyl sites for hydroxylation is 1. The number of fused-ring (bicyclic) bond motifs is 1. The van der Waals surface area contributed by atoms with Crippen molar-refractivity contribution in [1.82, 2.24) is 15.0 Å². The van der Waals surface area contributed by atoms with Crippen molar-refractivity contribution in [3.63, 3.8) is 0 Å². The van der Waals surface area contributed by atoms with Crippen LogP contribution in [0.4, 0.5) is 30.4 Å². The Morgan fingerprint density at radius 1 is 0.968 bits per heavy atom. The van der Waals surface area contributed by atoms with Crippen LogP contribution in [0.15, 0.2) is 66.9 Å². The summed E-state index contributed by atoms with van der Waals surface area (Å²) >= 11 is 0. The molecule has 2 N–H and O–H groups in total. The summed E-state index contributed by atoms with van der Waals surface area (Å²) < 4.78 is 38.7. The molecule has 0 aliphatic rings. The van der Waals surface area contributed by atoms with Crippen LogP contribution in [-0.4, -0.2) is 20.9 Å². The molecule has 0 spiro atoms. The Balaban J connectivity index is 1.58. The largest absolute Gasteiger partial charge is 0.416 e. The van der Waals surface area contributed by atoms with Gasteiger partial charge in [0.25, 0.3) is 5.91 Å². The average Bonchev–Trinajstić information content (AvgIpc) is 2.74. The summed E-state index contributed by atoms with van der Waals surface area (Å²) in [5, 5.41) is 5.73. The monoisotopic (exact) mass is 423 g/mol. The van der Waals surface area contributed by atoms with Crippen molar-refractivity contribution in [1.29, 1.82) is 0 Å². The van der Waals surface area contributed by atoms with Gasteiger partial charge in [-0.1, -0.05) is 24.3 Å². The van der Waals surface area contributed by atoms with E-state index >= 15 is 0 Å². The lowest BCUT2D eigenvalue weighted by atomic mass is 10.1. The van der Waals surface area contributed by atoms with E-state index in [1.165, 1.54) is 18.3 Å². The smallest absolute Gasteiger partial charge is 0.339 e. The van der Waals surface area contributed by atoms with Gasteiger partial charge in [-0.3, -0.25) is 4.79 Å². The average molecular weight is 423 g/mol. The normalized spacial score (nSPS) is 11.4. The second-order valence-corrected chi connectivity index (χ2v) is 6.74. The zero-order chi connectivity index (χ0) is 22.0. The fourth-order valence-electron chi connectivity index (χ4n) is 2.92. The molecular formula is C22H16F3N5O. The van der Waals surface area contributed by atoms with Crippen LogP contribution in [0.25, 0.3) is 11.2 Å². The topological polar surface area (TPSA) is 79.8 Å². The lowest BCUT2D eigenvalue weighted by Gasteiger charge is -2.11. The molecule has 6 nitrogen and oxygen atoms in total. The number of pyridine rings is 1. The van der Waals surface area contributed by atoms with Gasteiger partial charge in [-0.25, -0.2) is 15.0 Å². The third-order valence-corrected chi connectivity index (χ3v) is 4.47. The second-order valence-electron chi connectivity index (χ2n) is 6.74. The van der Waals surface area contributed by atoms with Crippen molar-refractivity contribution >= 4 is 34.3 Å². The highest BCUT2D eigenvalue weighted by Gasteiger charge is 2.31. The summed E-state index contributed by atoms with van der Waals surface area (Å²) in [4.78, 5) is 25.6. The molecule has 2 aromatic carbocycles. The van der Waals surface area contributed by atoms with Crippen LogP contribution in [0, 0.1) is 6.92 Å². The number of carbonyl (C=O) groups excluding carboxylic acids is 1. The van der Waals surface area contributed by atoms with Gasteiger partial charge in [0.05, 0.1) is 23.1 Å². The van der Waals surface area contributed by atoms with E-state index in [0.717, 1.165) is 17.8 Å². The second kappa shape index (κ2) is 8.02. The minimum atomic E-state index is -4.53. The maximum Gasteiger partial charge on any atom is 0.416 e. The van der Waals surface area contributed by atoms with E-state index in [0.29, 0.717) is 28.4 Å². The number of nitrogens with one attached hydrogen (secondary N) is 2. The van der Waals surface area contributed by atoms with Crippen LogP contribution in [0.2, 0.25) is 0 Å². The number of anilines is 3. The summed E-state index contributed by atoms with van der Waals surface area (Å²) in [6, 6.07) is 15.3. The first kappa shape index (κ1) is 20.3. The highest BCUT2D eigenvalue weighted by molar-refractivity contribution is 6.05. The number of hydrogen-bond acceptors (Lipinski definition) is 5. The molecule has 156 valence electrons. The summed E-state index contributed by atoms with van der Waals surface area (Å²) in [7, 11) is 0. The Bertz CT molecular complexity index is 1260. The first-order valence-electron chi connectivity index (χ1n) is 9.25. The fraction of sp³-hybridized carbons (Fsp3) is 0.0909. The van der Waals surface area contributed by atoms with E-state index in [1.54, 1.807) is 13.0 Å². The molecule has 4 aromatic rings. The van der Waals surface area contributed by atoms with Gasteiger partial charge in [0.15, 0.2) is 11.5 Å². The molecule has 0 unspecified atom stereocenters. The van der Waals surface area contributed by atoms with Crippen LogP contribution < -0.4 is 10.6 Å². The number of aromatic nitrogens is 3. The SMILES string of the molecule is Cc1nc2nc(Nc3ccccc3)cnc2cc1NC(=O)c1cccc(C(F)(F)F)c1. The number of halogens is 3. The minimum absolute atomic E-state index is 0.109. The third kappa shape index (κ3) is 4.61. The number of amides is 1. The van der Waals surface area contributed by atoms with Gasteiger partial charge < -0.3 is 10.6 Å². The Labute approximate surface area is 175 Å². The molecule has 0 aliphatic heterocycles. The van der Waals surface area contributed by atoms with Gasteiger partial charge in [0.2, 0.25) is 0 Å². The molecule has 0 fully saturated rings. The first-order valence-corrected chi connectivity index (χ1v) is 9.25. The molecule has 2 aromatic heterocycles. The number of alkyl halides is 3. The zero-order valence-corrected chi connectivity index (χ0v) is 16.2. The van der Waals surface area contributed by atoms with Crippen molar-refractivity contribution in [3.8, 4) is 0 Å². The molecule has 0 saturated carbocycles. The van der Waals surface area contributed by atoms with Gasteiger partial charge in [0.1, 0.15) is 5.52 Å². The molecule has 0 aliphatic carbocycles. The van der Waals surface area contributed by atoms with Gasteiger partial charge in [-0.15, -0.1) is 0 Å². The van der Waals surface area contributed by atoms with E-state index in [-0.39, 0.29) is 5.56 Å². The van der Waals surface area contributed by atoms with Gasteiger partial charge in [-0.05, 0) is 43.3 Å². The van der Waals surface area contributed by atoms with Crippen molar-refractivity contribution in [2.24, 2.45) is 0 Å². The Hall–Kier alpha value is -4.01. The molecule has 4 rings (SSSR count). The van der Waals surface area contributed by atoms with Gasteiger partial charge >= 0.3 is 6.18 Å². The summed E-state index contributed by atoms with van der Waals surface area (Å²) in [6.07, 6.45) is -3.00. The van der Waals surface area contributed by atoms with Crippen molar-refractivity contribution < 1.29 is 18.0 Å². The number of nitrogens with zero attached hydrogens (tertiary/aromatic N) is 3. The molecule has 0 radical (unpaired) electrons. The van der Waals surface area contributed by atoms with Crippen LogP contribution >= 0.6 is 0 Å². The predicted molar refractivity (Wildman–Crippen MR) is 111 cm³/mol. The van der Waals surface area contributed by atoms with Crippen LogP contribution in [0.1, 0.15) is 21.6 Å². The molecule has 1 amide bonds. The lowest BCUT2D eigenvalue weighted by molar-refractivity contribution is -0.137. The molecule has 2 heterocycles. The maximum atomic E-state index is 12.9. The number of hydrogen-bond donors (Lipinski definition) is 2. The molecule has 9 heteroatoms. The van der Waals surface area contributed by atoms with E-state index in [1.807, 2.05) is 30.3 Å². The van der Waals surface area contributed by atoms with E-state index in [4.69, 9.17) is 0 Å². The highest BCUT2D eigenvalue weighted by Crippen LogP contribution is 2.30. The Morgan fingerprint density at radius 3 is 2.48 bits per heavy atom. The summed E-state index contributed by atoms with van der Waals surface area (Å²) in [5.74, 6) is -0.169. The zero-order valence-electron chi connectivity index (χ0n) is 16.2. The number of rotatable bonds is 4.